The van der Waals surface area contributed by atoms with Crippen LogP contribution in [0.2, 0.25) is 0 Å². The van der Waals surface area contributed by atoms with E-state index in [4.69, 9.17) is 16.2 Å². The molecule has 0 bridgehead atoms. The van der Waals surface area contributed by atoms with E-state index in [1.54, 1.807) is 12.1 Å². The zero-order valence-electron chi connectivity index (χ0n) is 7.90. The van der Waals surface area contributed by atoms with Crippen LogP contribution in [0, 0.1) is 0 Å². The fourth-order valence-corrected chi connectivity index (χ4v) is 1.08. The first-order valence-electron chi connectivity index (χ1n) is 4.42. The SMILES string of the molecule is NCCOc1ccc(CC(N)=O)cc1. The molecule has 1 rings (SSSR count). The predicted molar refractivity (Wildman–Crippen MR) is 53.9 cm³/mol. The van der Waals surface area contributed by atoms with Gasteiger partial charge in [0.2, 0.25) is 5.91 Å². The zero-order chi connectivity index (χ0) is 10.4. The van der Waals surface area contributed by atoms with Crippen LogP contribution >= 0.6 is 0 Å². The first-order chi connectivity index (χ1) is 6.72. The third-order valence-electron chi connectivity index (χ3n) is 1.69. The van der Waals surface area contributed by atoms with E-state index in [0.29, 0.717) is 13.2 Å². The van der Waals surface area contributed by atoms with Crippen LogP contribution in [-0.4, -0.2) is 19.1 Å². The Morgan fingerprint density at radius 1 is 1.29 bits per heavy atom. The zero-order valence-corrected chi connectivity index (χ0v) is 7.90. The van der Waals surface area contributed by atoms with Crippen molar-refractivity contribution in [1.82, 2.24) is 0 Å². The summed E-state index contributed by atoms with van der Waals surface area (Å²) in [6, 6.07) is 7.23. The largest absolute Gasteiger partial charge is 0.492 e. The van der Waals surface area contributed by atoms with Crippen molar-refractivity contribution >= 4 is 5.91 Å². The molecule has 0 spiro atoms. The second-order valence-corrected chi connectivity index (χ2v) is 2.92. The molecular weight excluding hydrogens is 180 g/mol. The molecule has 0 atom stereocenters. The molecule has 14 heavy (non-hydrogen) atoms. The quantitative estimate of drug-likeness (QED) is 0.695. The highest BCUT2D eigenvalue weighted by molar-refractivity contribution is 5.76. The molecule has 0 aliphatic heterocycles. The van der Waals surface area contributed by atoms with Crippen molar-refractivity contribution in [2.24, 2.45) is 11.5 Å². The molecule has 0 unspecified atom stereocenters. The summed E-state index contributed by atoms with van der Waals surface area (Å²) >= 11 is 0. The van der Waals surface area contributed by atoms with Crippen molar-refractivity contribution in [3.63, 3.8) is 0 Å². The molecule has 0 heterocycles. The second-order valence-electron chi connectivity index (χ2n) is 2.92. The maximum Gasteiger partial charge on any atom is 0.221 e. The lowest BCUT2D eigenvalue weighted by Crippen LogP contribution is -2.13. The van der Waals surface area contributed by atoms with E-state index in [-0.39, 0.29) is 12.3 Å². The maximum absolute atomic E-state index is 10.6. The number of hydrogen-bond donors (Lipinski definition) is 2. The van der Waals surface area contributed by atoms with E-state index in [2.05, 4.69) is 0 Å². The van der Waals surface area contributed by atoms with Gasteiger partial charge < -0.3 is 16.2 Å². The van der Waals surface area contributed by atoms with Crippen molar-refractivity contribution in [1.29, 1.82) is 0 Å². The molecular formula is C10H14N2O2. The summed E-state index contributed by atoms with van der Waals surface area (Å²) in [5, 5.41) is 0. The normalized spacial score (nSPS) is 9.79. The second kappa shape index (κ2) is 5.24. The van der Waals surface area contributed by atoms with Crippen molar-refractivity contribution < 1.29 is 9.53 Å². The van der Waals surface area contributed by atoms with Crippen LogP contribution in [-0.2, 0) is 11.2 Å². The molecule has 0 aromatic heterocycles. The molecule has 76 valence electrons. The number of nitrogens with two attached hydrogens (primary N) is 2. The molecule has 1 aromatic carbocycles. The topological polar surface area (TPSA) is 78.3 Å². The Balaban J connectivity index is 2.54. The van der Waals surface area contributed by atoms with E-state index in [1.807, 2.05) is 12.1 Å². The Morgan fingerprint density at radius 2 is 1.93 bits per heavy atom. The molecule has 0 aliphatic carbocycles. The fourth-order valence-electron chi connectivity index (χ4n) is 1.08. The van der Waals surface area contributed by atoms with Crippen molar-refractivity contribution in [3.05, 3.63) is 29.8 Å². The van der Waals surface area contributed by atoms with Crippen LogP contribution in [0.1, 0.15) is 5.56 Å². The van der Waals surface area contributed by atoms with Crippen LogP contribution in [0.3, 0.4) is 0 Å². The van der Waals surface area contributed by atoms with Gasteiger partial charge in [0.15, 0.2) is 0 Å². The number of primary amides is 1. The van der Waals surface area contributed by atoms with Gasteiger partial charge in [0.05, 0.1) is 6.42 Å². The lowest BCUT2D eigenvalue weighted by Gasteiger charge is -2.04. The summed E-state index contributed by atoms with van der Waals surface area (Å²) in [6.07, 6.45) is 0.261. The number of amides is 1. The van der Waals surface area contributed by atoms with Crippen molar-refractivity contribution in [3.8, 4) is 5.75 Å². The van der Waals surface area contributed by atoms with Gasteiger partial charge in [0.25, 0.3) is 0 Å². The number of hydrogen-bond acceptors (Lipinski definition) is 3. The summed E-state index contributed by atoms with van der Waals surface area (Å²) in [5.41, 5.74) is 11.2. The Labute approximate surface area is 82.8 Å². The third-order valence-corrected chi connectivity index (χ3v) is 1.69. The van der Waals surface area contributed by atoms with Crippen molar-refractivity contribution in [2.75, 3.05) is 13.2 Å². The van der Waals surface area contributed by atoms with Crippen molar-refractivity contribution in [2.45, 2.75) is 6.42 Å². The van der Waals surface area contributed by atoms with Crippen LogP contribution in [0.25, 0.3) is 0 Å². The third kappa shape index (κ3) is 3.45. The highest BCUT2D eigenvalue weighted by Crippen LogP contribution is 2.11. The predicted octanol–water partition coefficient (Wildman–Crippen LogP) is 0.0519. The van der Waals surface area contributed by atoms with Crippen LogP contribution in [0.15, 0.2) is 24.3 Å². The van der Waals surface area contributed by atoms with E-state index in [1.165, 1.54) is 0 Å². The van der Waals surface area contributed by atoms with Gasteiger partial charge in [0, 0.05) is 6.54 Å². The van der Waals surface area contributed by atoms with Gasteiger partial charge in [-0.3, -0.25) is 4.79 Å². The van der Waals surface area contributed by atoms with E-state index >= 15 is 0 Å². The highest BCUT2D eigenvalue weighted by Gasteiger charge is 1.98. The molecule has 0 radical (unpaired) electrons. The van der Waals surface area contributed by atoms with Gasteiger partial charge in [0.1, 0.15) is 12.4 Å². The molecule has 4 N–H and O–H groups in total. The van der Waals surface area contributed by atoms with Crippen LogP contribution < -0.4 is 16.2 Å². The van der Waals surface area contributed by atoms with Gasteiger partial charge in [-0.1, -0.05) is 12.1 Å². The maximum atomic E-state index is 10.6. The summed E-state index contributed by atoms with van der Waals surface area (Å²) in [6.45, 7) is 0.984. The lowest BCUT2D eigenvalue weighted by atomic mass is 10.1. The number of carbonyl (C=O) groups excluding carboxylic acids is 1. The molecule has 1 aromatic rings. The summed E-state index contributed by atoms with van der Waals surface area (Å²) < 4.78 is 5.27. The number of ether oxygens (including phenoxy) is 1. The van der Waals surface area contributed by atoms with Gasteiger partial charge in [-0.25, -0.2) is 0 Å². The van der Waals surface area contributed by atoms with Gasteiger partial charge in [-0.05, 0) is 17.7 Å². The average molecular weight is 194 g/mol. The molecule has 0 fully saturated rings. The molecule has 0 aliphatic rings. The van der Waals surface area contributed by atoms with E-state index in [0.717, 1.165) is 11.3 Å². The Hall–Kier alpha value is -1.55. The van der Waals surface area contributed by atoms with Gasteiger partial charge >= 0.3 is 0 Å². The minimum absolute atomic E-state index is 0.261. The summed E-state index contributed by atoms with van der Waals surface area (Å²) in [4.78, 5) is 10.6. The van der Waals surface area contributed by atoms with Gasteiger partial charge in [-0.15, -0.1) is 0 Å². The summed E-state index contributed by atoms with van der Waals surface area (Å²) in [7, 11) is 0. The smallest absolute Gasteiger partial charge is 0.221 e. The van der Waals surface area contributed by atoms with E-state index < -0.39 is 0 Å². The summed E-state index contributed by atoms with van der Waals surface area (Å²) in [5.74, 6) is 0.421. The minimum atomic E-state index is -0.333. The van der Waals surface area contributed by atoms with E-state index in [9.17, 15) is 4.79 Å². The lowest BCUT2D eigenvalue weighted by molar-refractivity contribution is -0.117. The molecule has 1 amide bonds. The minimum Gasteiger partial charge on any atom is -0.492 e. The first-order valence-corrected chi connectivity index (χ1v) is 4.42. The Kier molecular flexibility index (Phi) is 3.94. The number of rotatable bonds is 5. The Morgan fingerprint density at radius 3 is 2.43 bits per heavy atom. The Bertz CT molecular complexity index is 295. The first kappa shape index (κ1) is 10.5. The number of carbonyl (C=O) groups is 1. The standard InChI is InChI=1S/C10H14N2O2/c11-5-6-14-9-3-1-8(2-4-9)7-10(12)13/h1-4H,5-7,11H2,(H2,12,13). The molecule has 0 saturated heterocycles. The van der Waals surface area contributed by atoms with Crippen LogP contribution in [0.5, 0.6) is 5.75 Å². The molecule has 4 heteroatoms. The molecule has 0 saturated carbocycles. The monoisotopic (exact) mass is 194 g/mol. The fraction of sp³-hybridized carbons (Fsp3) is 0.300. The van der Waals surface area contributed by atoms with Crippen LogP contribution in [0.4, 0.5) is 0 Å². The van der Waals surface area contributed by atoms with Gasteiger partial charge in [-0.2, -0.15) is 0 Å². The molecule has 4 nitrogen and oxygen atoms in total. The number of benzene rings is 1. The average Bonchev–Trinajstić information content (AvgIpc) is 2.16. The highest BCUT2D eigenvalue weighted by atomic mass is 16.5.